The van der Waals surface area contributed by atoms with Crippen LogP contribution in [0.3, 0.4) is 0 Å². The minimum absolute atomic E-state index is 0.0862. The van der Waals surface area contributed by atoms with Crippen molar-refractivity contribution in [3.8, 4) is 0 Å². The van der Waals surface area contributed by atoms with E-state index in [2.05, 4.69) is 0 Å². The first kappa shape index (κ1) is 27.6. The Bertz CT molecular complexity index is 1210. The average Bonchev–Trinajstić information content (AvgIpc) is 3.17. The number of amides is 3. The molecule has 4 heterocycles. The number of hydrogen-bond acceptors (Lipinski definition) is 5. The molecule has 0 radical (unpaired) electrons. The Morgan fingerprint density at radius 2 is 1.72 bits per heavy atom. The molecule has 0 saturated carbocycles. The van der Waals surface area contributed by atoms with Gasteiger partial charge in [-0.05, 0) is 63.6 Å². The first-order valence-corrected chi connectivity index (χ1v) is 14.3. The van der Waals surface area contributed by atoms with Crippen molar-refractivity contribution in [1.82, 2.24) is 9.80 Å². The van der Waals surface area contributed by atoms with Crippen LogP contribution >= 0.6 is 0 Å². The van der Waals surface area contributed by atoms with E-state index < -0.39 is 29.1 Å². The summed E-state index contributed by atoms with van der Waals surface area (Å²) in [5, 5.41) is 9.28. The maximum atomic E-state index is 14.6. The summed E-state index contributed by atoms with van der Waals surface area (Å²) in [7, 11) is 0. The molecule has 0 aliphatic carbocycles. The number of carbonyl (C=O) groups is 3. The fourth-order valence-electron chi connectivity index (χ4n) is 7.08. The summed E-state index contributed by atoms with van der Waals surface area (Å²) < 4.78 is 6.89. The van der Waals surface area contributed by atoms with Crippen molar-refractivity contribution in [1.29, 1.82) is 0 Å². The highest BCUT2D eigenvalue weighted by atomic mass is 16.5. The van der Waals surface area contributed by atoms with Crippen LogP contribution in [0, 0.1) is 25.7 Å². The van der Waals surface area contributed by atoms with Crippen LogP contribution in [-0.4, -0.2) is 82.7 Å². The van der Waals surface area contributed by atoms with E-state index >= 15 is 0 Å². The molecule has 0 bridgehead atoms. The molecule has 4 aliphatic rings. The Balaban J connectivity index is 1.61. The molecule has 0 aromatic heterocycles. The quantitative estimate of drug-likeness (QED) is 0.408. The van der Waals surface area contributed by atoms with E-state index in [0.717, 1.165) is 29.7 Å². The van der Waals surface area contributed by atoms with Crippen molar-refractivity contribution < 1.29 is 24.2 Å². The van der Waals surface area contributed by atoms with E-state index in [-0.39, 0.29) is 24.3 Å². The Labute approximate surface area is 231 Å². The summed E-state index contributed by atoms with van der Waals surface area (Å²) in [5.74, 6) is -1.98. The SMILES string of the molecule is CCCN1CC=C[C@@]2(C)O[C@]34C=CCN(c5cc(C)ccc5C)C(=O)C3N(CCCCCO)C(=O)[C@@H]4[C@H]2C1=O. The van der Waals surface area contributed by atoms with Crippen molar-refractivity contribution in [2.45, 2.75) is 70.6 Å². The number of rotatable bonds is 8. The highest BCUT2D eigenvalue weighted by Gasteiger charge is 2.74. The van der Waals surface area contributed by atoms with E-state index in [1.807, 2.05) is 75.1 Å². The zero-order valence-corrected chi connectivity index (χ0v) is 23.6. The van der Waals surface area contributed by atoms with Crippen LogP contribution in [0.5, 0.6) is 0 Å². The maximum Gasteiger partial charge on any atom is 0.253 e. The molecule has 3 amide bonds. The number of carbonyl (C=O) groups excluding carboxylic acids is 3. The number of unbranched alkanes of at least 4 members (excludes halogenated alkanes) is 2. The Hall–Kier alpha value is -2.97. The van der Waals surface area contributed by atoms with Gasteiger partial charge in [-0.2, -0.15) is 0 Å². The molecule has 1 spiro atoms. The first-order chi connectivity index (χ1) is 18.7. The number of aliphatic hydroxyl groups excluding tert-OH is 1. The number of aryl methyl sites for hydroxylation is 2. The van der Waals surface area contributed by atoms with Gasteiger partial charge < -0.3 is 24.5 Å². The summed E-state index contributed by atoms with van der Waals surface area (Å²) in [6.45, 7) is 9.81. The zero-order chi connectivity index (χ0) is 27.9. The summed E-state index contributed by atoms with van der Waals surface area (Å²) >= 11 is 0. The van der Waals surface area contributed by atoms with Gasteiger partial charge in [0.25, 0.3) is 5.91 Å². The monoisotopic (exact) mass is 535 g/mol. The van der Waals surface area contributed by atoms with Crippen molar-refractivity contribution in [3.05, 3.63) is 53.6 Å². The normalized spacial score (nSPS) is 31.9. The van der Waals surface area contributed by atoms with Crippen molar-refractivity contribution in [2.24, 2.45) is 11.8 Å². The summed E-state index contributed by atoms with van der Waals surface area (Å²) in [4.78, 5) is 48.2. The molecule has 8 heteroatoms. The fourth-order valence-corrected chi connectivity index (χ4v) is 7.08. The molecule has 2 saturated heterocycles. The molecule has 8 nitrogen and oxygen atoms in total. The molecule has 5 rings (SSSR count). The third-order valence-corrected chi connectivity index (χ3v) is 8.85. The van der Waals surface area contributed by atoms with E-state index in [1.165, 1.54) is 0 Å². The van der Waals surface area contributed by atoms with Gasteiger partial charge >= 0.3 is 0 Å². The molecule has 5 atom stereocenters. The van der Waals surface area contributed by atoms with Gasteiger partial charge in [0.05, 0.1) is 17.4 Å². The van der Waals surface area contributed by atoms with E-state index in [0.29, 0.717) is 39.0 Å². The summed E-state index contributed by atoms with van der Waals surface area (Å²) in [6.07, 6.45) is 10.6. The second-order valence-corrected chi connectivity index (χ2v) is 11.6. The number of aliphatic hydroxyl groups is 1. The van der Waals surface area contributed by atoms with E-state index in [4.69, 9.17) is 4.74 Å². The minimum Gasteiger partial charge on any atom is -0.396 e. The fraction of sp³-hybridized carbons (Fsp3) is 0.581. The van der Waals surface area contributed by atoms with Crippen molar-refractivity contribution in [2.75, 3.05) is 37.7 Å². The minimum atomic E-state index is -1.24. The van der Waals surface area contributed by atoms with Crippen molar-refractivity contribution >= 4 is 23.4 Å². The lowest BCUT2D eigenvalue weighted by Crippen LogP contribution is -2.56. The lowest BCUT2D eigenvalue weighted by atomic mass is 9.74. The van der Waals surface area contributed by atoms with Crippen molar-refractivity contribution in [3.63, 3.8) is 0 Å². The molecule has 39 heavy (non-hydrogen) atoms. The lowest BCUT2D eigenvalue weighted by molar-refractivity contribution is -0.148. The lowest BCUT2D eigenvalue weighted by Gasteiger charge is -2.37. The number of hydrogen-bond donors (Lipinski definition) is 1. The molecule has 4 aliphatic heterocycles. The molecule has 210 valence electrons. The largest absolute Gasteiger partial charge is 0.396 e. The van der Waals surface area contributed by atoms with E-state index in [9.17, 15) is 19.5 Å². The van der Waals surface area contributed by atoms with E-state index in [1.54, 1.807) is 9.80 Å². The van der Waals surface area contributed by atoms with Crippen LogP contribution in [0.25, 0.3) is 0 Å². The molecule has 1 aromatic rings. The molecule has 1 N–H and O–H groups in total. The smallest absolute Gasteiger partial charge is 0.253 e. The van der Waals surface area contributed by atoms with Gasteiger partial charge in [0.2, 0.25) is 11.8 Å². The van der Waals surface area contributed by atoms with Gasteiger partial charge in [0.1, 0.15) is 11.6 Å². The highest BCUT2D eigenvalue weighted by Crippen LogP contribution is 2.57. The predicted molar refractivity (Wildman–Crippen MR) is 149 cm³/mol. The predicted octanol–water partition coefficient (Wildman–Crippen LogP) is 3.15. The van der Waals surface area contributed by atoms with Gasteiger partial charge in [-0.3, -0.25) is 14.4 Å². The zero-order valence-electron chi connectivity index (χ0n) is 23.6. The Kier molecular flexibility index (Phi) is 7.46. The topological polar surface area (TPSA) is 90.4 Å². The third-order valence-electron chi connectivity index (χ3n) is 8.85. The van der Waals surface area contributed by atoms with Crippen LogP contribution < -0.4 is 4.90 Å². The van der Waals surface area contributed by atoms with Gasteiger partial charge in [0.15, 0.2) is 0 Å². The van der Waals surface area contributed by atoms with Crippen LogP contribution in [-0.2, 0) is 19.1 Å². The van der Waals surface area contributed by atoms with Gasteiger partial charge in [-0.15, -0.1) is 0 Å². The molecular weight excluding hydrogens is 494 g/mol. The number of likely N-dealkylation sites (tertiary alicyclic amines) is 1. The summed E-state index contributed by atoms with van der Waals surface area (Å²) in [5.41, 5.74) is 0.603. The van der Waals surface area contributed by atoms with Gasteiger partial charge in [0, 0.05) is 38.5 Å². The number of anilines is 1. The third kappa shape index (κ3) is 4.42. The Morgan fingerprint density at radius 3 is 2.46 bits per heavy atom. The number of nitrogens with zero attached hydrogens (tertiary/aromatic N) is 3. The van der Waals surface area contributed by atoms with Crippen LogP contribution in [0.15, 0.2) is 42.5 Å². The molecule has 1 unspecified atom stereocenters. The first-order valence-electron chi connectivity index (χ1n) is 14.3. The van der Waals surface area contributed by atoms with Gasteiger partial charge in [-0.1, -0.05) is 43.4 Å². The number of benzene rings is 1. The van der Waals surface area contributed by atoms with Crippen LogP contribution in [0.1, 0.15) is 50.7 Å². The number of ether oxygens (including phenoxy) is 1. The standard InChI is InChI=1S/C31H41N3O5/c1-5-15-32-16-9-13-30(4)24(27(32)36)25-28(37)34(17-7-6-8-19-35)26-29(38)33(18-10-14-31(25,26)39-30)23-20-21(2)11-12-22(23)3/h9-14,20,24-26,35H,5-8,15-19H2,1-4H3/t24-,25-,26?,30+,31-/m0/s1. The molecular formula is C31H41N3O5. The van der Waals surface area contributed by atoms with Crippen LogP contribution in [0.2, 0.25) is 0 Å². The number of fused-ring (bicyclic) bond motifs is 2. The molecule has 1 aromatic carbocycles. The second kappa shape index (κ2) is 10.5. The Morgan fingerprint density at radius 1 is 0.949 bits per heavy atom. The maximum absolute atomic E-state index is 14.6. The highest BCUT2D eigenvalue weighted by molar-refractivity contribution is 6.06. The van der Waals surface area contributed by atoms with Gasteiger partial charge in [-0.25, -0.2) is 0 Å². The van der Waals surface area contributed by atoms with Crippen LogP contribution in [0.4, 0.5) is 5.69 Å². The average molecular weight is 536 g/mol. The second-order valence-electron chi connectivity index (χ2n) is 11.6. The summed E-state index contributed by atoms with van der Waals surface area (Å²) in [6, 6.07) is 5.16. The molecule has 2 fully saturated rings.